The number of rotatable bonds is 8. The van der Waals surface area contributed by atoms with Crippen LogP contribution in [0.1, 0.15) is 11.3 Å². The Morgan fingerprint density at radius 1 is 1.00 bits per heavy atom. The number of aromatic nitrogens is 2. The van der Waals surface area contributed by atoms with E-state index in [0.717, 1.165) is 9.99 Å². The molecule has 1 amide bonds. The molecular weight excluding hydrogens is 521 g/mol. The molecule has 0 saturated carbocycles. The zero-order valence-corrected chi connectivity index (χ0v) is 21.4. The van der Waals surface area contributed by atoms with Crippen LogP contribution in [0.4, 0.5) is 5.69 Å². The van der Waals surface area contributed by atoms with Crippen molar-refractivity contribution >= 4 is 51.0 Å². The average molecular weight is 542 g/mol. The number of hydrazone groups is 1. The van der Waals surface area contributed by atoms with E-state index in [0.29, 0.717) is 11.3 Å². The monoisotopic (exact) mass is 541 g/mol. The second-order valence-corrected chi connectivity index (χ2v) is 10.2. The summed E-state index contributed by atoms with van der Waals surface area (Å²) in [6.45, 7) is 1.27. The maximum atomic E-state index is 13.4. The Balaban J connectivity index is 1.56. The molecule has 0 fully saturated rings. The SMILES string of the molecule is Cc1c(/C=N\NC(=O)CN(c2ccccc2Cl)S(=O)(=O)c2ccccc2)c(Cl)nn1-c1ccccc1. The van der Waals surface area contributed by atoms with E-state index in [1.165, 1.54) is 24.4 Å². The third-order valence-electron chi connectivity index (χ3n) is 5.24. The van der Waals surface area contributed by atoms with Crippen molar-refractivity contribution in [2.45, 2.75) is 11.8 Å². The molecule has 4 rings (SSSR count). The highest BCUT2D eigenvalue weighted by atomic mass is 35.5. The van der Waals surface area contributed by atoms with Crippen LogP contribution in [0, 0.1) is 6.92 Å². The van der Waals surface area contributed by atoms with Crippen molar-refractivity contribution in [2.24, 2.45) is 5.10 Å². The number of hydrogen-bond acceptors (Lipinski definition) is 5. The number of amides is 1. The number of nitrogens with zero attached hydrogens (tertiary/aromatic N) is 4. The summed E-state index contributed by atoms with van der Waals surface area (Å²) in [5.74, 6) is -0.671. The molecule has 184 valence electrons. The fourth-order valence-electron chi connectivity index (χ4n) is 3.46. The Bertz CT molecular complexity index is 1510. The zero-order valence-electron chi connectivity index (χ0n) is 19.0. The van der Waals surface area contributed by atoms with Crippen LogP contribution in [0.3, 0.4) is 0 Å². The van der Waals surface area contributed by atoms with Gasteiger partial charge in [0.05, 0.1) is 38.8 Å². The molecule has 3 aromatic carbocycles. The number of hydrogen-bond donors (Lipinski definition) is 1. The van der Waals surface area contributed by atoms with Crippen LogP contribution in [0.2, 0.25) is 10.2 Å². The van der Waals surface area contributed by atoms with Crippen LogP contribution in [0.5, 0.6) is 0 Å². The lowest BCUT2D eigenvalue weighted by Gasteiger charge is -2.24. The smallest absolute Gasteiger partial charge is 0.264 e. The van der Waals surface area contributed by atoms with E-state index in [2.05, 4.69) is 15.6 Å². The van der Waals surface area contributed by atoms with E-state index in [-0.39, 0.29) is 20.8 Å². The van der Waals surface area contributed by atoms with Gasteiger partial charge in [-0.15, -0.1) is 0 Å². The molecule has 11 heteroatoms. The second kappa shape index (κ2) is 10.9. The van der Waals surface area contributed by atoms with E-state index >= 15 is 0 Å². The summed E-state index contributed by atoms with van der Waals surface area (Å²) in [6, 6.07) is 23.6. The van der Waals surface area contributed by atoms with Gasteiger partial charge < -0.3 is 0 Å². The van der Waals surface area contributed by atoms with Crippen molar-refractivity contribution in [3.8, 4) is 5.69 Å². The van der Waals surface area contributed by atoms with Gasteiger partial charge in [-0.05, 0) is 43.3 Å². The molecule has 0 aliphatic heterocycles. The van der Waals surface area contributed by atoms with Crippen molar-refractivity contribution in [1.29, 1.82) is 0 Å². The fourth-order valence-corrected chi connectivity index (χ4v) is 5.47. The maximum absolute atomic E-state index is 13.4. The molecule has 1 heterocycles. The van der Waals surface area contributed by atoms with Gasteiger partial charge >= 0.3 is 0 Å². The van der Waals surface area contributed by atoms with Crippen molar-refractivity contribution in [2.75, 3.05) is 10.8 Å². The molecule has 0 spiro atoms. The lowest BCUT2D eigenvalue weighted by molar-refractivity contribution is -0.119. The number of halogens is 2. The molecule has 1 N–H and O–H groups in total. The molecule has 1 aromatic heterocycles. The van der Waals surface area contributed by atoms with E-state index < -0.39 is 22.5 Å². The van der Waals surface area contributed by atoms with Crippen LogP contribution in [-0.2, 0) is 14.8 Å². The minimum atomic E-state index is -4.09. The van der Waals surface area contributed by atoms with Gasteiger partial charge in [-0.25, -0.2) is 18.5 Å². The van der Waals surface area contributed by atoms with Crippen LogP contribution >= 0.6 is 23.2 Å². The second-order valence-electron chi connectivity index (χ2n) is 7.61. The molecule has 4 aromatic rings. The van der Waals surface area contributed by atoms with Crippen LogP contribution in [-0.4, -0.2) is 36.9 Å². The van der Waals surface area contributed by atoms with Gasteiger partial charge in [0.2, 0.25) is 0 Å². The summed E-state index contributed by atoms with van der Waals surface area (Å²) in [6.07, 6.45) is 1.37. The largest absolute Gasteiger partial charge is 0.271 e. The maximum Gasteiger partial charge on any atom is 0.264 e. The third-order valence-corrected chi connectivity index (χ3v) is 7.61. The van der Waals surface area contributed by atoms with E-state index in [9.17, 15) is 13.2 Å². The third kappa shape index (κ3) is 5.43. The molecule has 0 radical (unpaired) electrons. The molecule has 36 heavy (non-hydrogen) atoms. The summed E-state index contributed by atoms with van der Waals surface area (Å²) < 4.78 is 29.3. The Labute approximate surface area is 218 Å². The van der Waals surface area contributed by atoms with Gasteiger partial charge in [-0.3, -0.25) is 9.10 Å². The highest BCUT2D eigenvalue weighted by Gasteiger charge is 2.28. The zero-order chi connectivity index (χ0) is 25.7. The normalized spacial score (nSPS) is 11.5. The van der Waals surface area contributed by atoms with Crippen molar-refractivity contribution in [1.82, 2.24) is 15.2 Å². The summed E-state index contributed by atoms with van der Waals surface area (Å²) >= 11 is 12.6. The minimum absolute atomic E-state index is 0.0250. The average Bonchev–Trinajstić information content (AvgIpc) is 3.17. The highest BCUT2D eigenvalue weighted by Crippen LogP contribution is 2.30. The molecule has 0 aliphatic carbocycles. The lowest BCUT2D eigenvalue weighted by atomic mass is 10.2. The molecule has 0 bridgehead atoms. The molecule has 8 nitrogen and oxygen atoms in total. The fraction of sp³-hybridized carbons (Fsp3) is 0.0800. The Kier molecular flexibility index (Phi) is 7.73. The van der Waals surface area contributed by atoms with Crippen molar-refractivity contribution in [3.05, 3.63) is 106 Å². The summed E-state index contributed by atoms with van der Waals surface area (Å²) in [5.41, 5.74) is 4.59. The molecular formula is C25H21Cl2N5O3S. The van der Waals surface area contributed by atoms with Gasteiger partial charge in [-0.1, -0.05) is 71.7 Å². The van der Waals surface area contributed by atoms with Crippen molar-refractivity contribution in [3.63, 3.8) is 0 Å². The number of anilines is 1. The first kappa shape index (κ1) is 25.4. The minimum Gasteiger partial charge on any atom is -0.271 e. The standard InChI is InChI=1S/C25H21Cl2N5O3S/c1-18-21(25(27)30-32(18)19-10-4-2-5-11-19)16-28-29-24(33)17-31(23-15-9-8-14-22(23)26)36(34,35)20-12-6-3-7-13-20/h2-16H,17H2,1H3,(H,29,33)/b28-16-. The molecule has 0 atom stereocenters. The summed E-state index contributed by atoms with van der Waals surface area (Å²) in [7, 11) is -4.09. The number of carbonyl (C=O) groups excluding carboxylic acids is 1. The first-order valence-corrected chi connectivity index (χ1v) is 12.9. The predicted molar refractivity (Wildman–Crippen MR) is 141 cm³/mol. The highest BCUT2D eigenvalue weighted by molar-refractivity contribution is 7.92. The molecule has 0 aliphatic rings. The summed E-state index contributed by atoms with van der Waals surface area (Å²) in [5, 5.41) is 8.69. The quantitative estimate of drug-likeness (QED) is 0.255. The Morgan fingerprint density at radius 2 is 1.61 bits per heavy atom. The number of para-hydroxylation sites is 2. The first-order chi connectivity index (χ1) is 17.3. The summed E-state index contributed by atoms with van der Waals surface area (Å²) in [4.78, 5) is 12.8. The Morgan fingerprint density at radius 3 is 2.28 bits per heavy atom. The molecule has 0 saturated heterocycles. The Hall–Kier alpha value is -3.66. The topological polar surface area (TPSA) is 96.7 Å². The lowest BCUT2D eigenvalue weighted by Crippen LogP contribution is -2.39. The van der Waals surface area contributed by atoms with E-state index in [1.54, 1.807) is 41.1 Å². The van der Waals surface area contributed by atoms with E-state index in [1.807, 2.05) is 37.3 Å². The number of nitrogens with one attached hydrogen (secondary N) is 1. The number of benzene rings is 3. The van der Waals surface area contributed by atoms with Gasteiger partial charge in [0.15, 0.2) is 5.15 Å². The predicted octanol–water partition coefficient (Wildman–Crippen LogP) is 4.83. The van der Waals surface area contributed by atoms with Gasteiger partial charge in [0.1, 0.15) is 6.54 Å². The van der Waals surface area contributed by atoms with Gasteiger partial charge in [0, 0.05) is 0 Å². The van der Waals surface area contributed by atoms with Crippen LogP contribution < -0.4 is 9.73 Å². The van der Waals surface area contributed by atoms with Gasteiger partial charge in [0.25, 0.3) is 15.9 Å². The number of carbonyl (C=O) groups is 1. The van der Waals surface area contributed by atoms with Crippen molar-refractivity contribution < 1.29 is 13.2 Å². The van der Waals surface area contributed by atoms with Crippen LogP contribution in [0.15, 0.2) is 94.9 Å². The van der Waals surface area contributed by atoms with Gasteiger partial charge in [-0.2, -0.15) is 10.2 Å². The first-order valence-electron chi connectivity index (χ1n) is 10.7. The molecule has 0 unspecified atom stereocenters. The number of sulfonamides is 1. The van der Waals surface area contributed by atoms with Crippen LogP contribution in [0.25, 0.3) is 5.69 Å². The van der Waals surface area contributed by atoms with E-state index in [4.69, 9.17) is 23.2 Å².